The molecule has 2 aromatic heterocycles. The Labute approximate surface area is 144 Å². The molecule has 4 heteroatoms. The van der Waals surface area contributed by atoms with Crippen molar-refractivity contribution in [2.24, 2.45) is 7.05 Å². The molecule has 0 fully saturated rings. The van der Waals surface area contributed by atoms with Crippen LogP contribution in [0.4, 0.5) is 0 Å². The van der Waals surface area contributed by atoms with Gasteiger partial charge in [-0.15, -0.1) is 0 Å². The fourth-order valence-electron chi connectivity index (χ4n) is 3.11. The highest BCUT2D eigenvalue weighted by Crippen LogP contribution is 2.32. The van der Waals surface area contributed by atoms with Crippen LogP contribution in [-0.4, -0.2) is 8.97 Å². The van der Waals surface area contributed by atoms with Gasteiger partial charge in [0.05, 0.1) is 11.4 Å². The molecule has 0 radical (unpaired) electrons. The number of benzene rings is 2. The Bertz CT molecular complexity index is 1080. The van der Waals surface area contributed by atoms with Crippen molar-refractivity contribution >= 4 is 17.1 Å². The van der Waals surface area contributed by atoms with Gasteiger partial charge < -0.3 is 8.97 Å². The predicted octanol–water partition coefficient (Wildman–Crippen LogP) is 4.63. The Morgan fingerprint density at radius 3 is 2.17 bits per heavy atom. The van der Waals surface area contributed by atoms with E-state index in [1.807, 2.05) is 84.4 Å². The Kier molecular flexibility index (Phi) is 3.51. The van der Waals surface area contributed by atoms with Crippen LogP contribution in [0.5, 0.6) is 0 Å². The highest BCUT2D eigenvalue weighted by atomic mass is 35.5. The van der Waals surface area contributed by atoms with Crippen molar-refractivity contribution in [1.29, 1.82) is 0 Å². The van der Waals surface area contributed by atoms with Crippen LogP contribution in [0, 0.1) is 0 Å². The van der Waals surface area contributed by atoms with Crippen LogP contribution in [0.3, 0.4) is 0 Å². The molecule has 3 nitrogen and oxygen atoms in total. The second kappa shape index (κ2) is 5.69. The zero-order valence-corrected chi connectivity index (χ0v) is 13.9. The average Bonchev–Trinajstić information content (AvgIpc) is 3.09. The molecule has 0 aliphatic heterocycles. The lowest BCUT2D eigenvalue weighted by Gasteiger charge is -2.17. The molecule has 118 valence electrons. The van der Waals surface area contributed by atoms with Crippen molar-refractivity contribution in [3.8, 4) is 22.5 Å². The van der Waals surface area contributed by atoms with E-state index in [1.165, 1.54) is 0 Å². The van der Waals surface area contributed by atoms with E-state index in [4.69, 9.17) is 11.6 Å². The summed E-state index contributed by atoms with van der Waals surface area (Å²) >= 11 is 6.05. The van der Waals surface area contributed by atoms with Crippen LogP contribution >= 0.6 is 11.6 Å². The van der Waals surface area contributed by atoms with E-state index in [2.05, 4.69) is 0 Å². The Hall–Kier alpha value is -2.78. The van der Waals surface area contributed by atoms with Crippen molar-refractivity contribution in [1.82, 2.24) is 8.97 Å². The monoisotopic (exact) mass is 334 g/mol. The molecule has 0 spiro atoms. The SMILES string of the molecule is Cn1c(-c2ccccc2)c(-c2ccc(Cl)cc2)n2cccc2c1=O. The van der Waals surface area contributed by atoms with E-state index in [0.717, 1.165) is 22.5 Å². The number of aromatic nitrogens is 2. The first-order valence-corrected chi connectivity index (χ1v) is 8.06. The standard InChI is InChI=1S/C20H15ClN2O/c1-22-18(14-6-3-2-4-7-14)19(15-9-11-16(21)12-10-15)23-13-5-8-17(23)20(22)24/h2-13H,1H3. The third-order valence-corrected chi connectivity index (χ3v) is 4.49. The molecule has 0 unspecified atom stereocenters. The summed E-state index contributed by atoms with van der Waals surface area (Å²) < 4.78 is 3.67. The van der Waals surface area contributed by atoms with Crippen LogP contribution < -0.4 is 5.56 Å². The smallest absolute Gasteiger partial charge is 0.275 e. The zero-order valence-electron chi connectivity index (χ0n) is 13.1. The summed E-state index contributed by atoms with van der Waals surface area (Å²) in [4.78, 5) is 12.7. The van der Waals surface area contributed by atoms with Crippen LogP contribution in [0.2, 0.25) is 5.02 Å². The van der Waals surface area contributed by atoms with Gasteiger partial charge in [-0.1, -0.05) is 54.1 Å². The molecule has 0 aliphatic carbocycles. The number of nitrogens with zero attached hydrogens (tertiary/aromatic N) is 2. The quantitative estimate of drug-likeness (QED) is 0.525. The summed E-state index contributed by atoms with van der Waals surface area (Å²) in [7, 11) is 1.82. The molecule has 0 N–H and O–H groups in total. The minimum atomic E-state index is -0.0171. The zero-order chi connectivity index (χ0) is 16.7. The molecule has 0 bridgehead atoms. The maximum absolute atomic E-state index is 12.7. The van der Waals surface area contributed by atoms with E-state index in [0.29, 0.717) is 10.5 Å². The highest BCUT2D eigenvalue weighted by molar-refractivity contribution is 6.30. The first-order valence-electron chi connectivity index (χ1n) is 7.68. The number of halogens is 1. The highest BCUT2D eigenvalue weighted by Gasteiger charge is 2.17. The summed E-state index contributed by atoms with van der Waals surface area (Å²) in [6.07, 6.45) is 1.92. The minimum Gasteiger partial charge on any atom is -0.310 e. The van der Waals surface area contributed by atoms with Gasteiger partial charge in [-0.3, -0.25) is 4.79 Å². The summed E-state index contributed by atoms with van der Waals surface area (Å²) in [5.74, 6) is 0. The van der Waals surface area contributed by atoms with Gasteiger partial charge in [-0.2, -0.15) is 0 Å². The van der Waals surface area contributed by atoms with E-state index < -0.39 is 0 Å². The van der Waals surface area contributed by atoms with Gasteiger partial charge in [-0.25, -0.2) is 0 Å². The fraction of sp³-hybridized carbons (Fsp3) is 0.0500. The van der Waals surface area contributed by atoms with Crippen LogP contribution in [0.25, 0.3) is 28.0 Å². The van der Waals surface area contributed by atoms with E-state index >= 15 is 0 Å². The predicted molar refractivity (Wildman–Crippen MR) is 98.5 cm³/mol. The van der Waals surface area contributed by atoms with Gasteiger partial charge in [0.25, 0.3) is 5.56 Å². The number of hydrogen-bond acceptors (Lipinski definition) is 1. The van der Waals surface area contributed by atoms with Gasteiger partial charge >= 0.3 is 0 Å². The van der Waals surface area contributed by atoms with Gasteiger partial charge in [-0.05, 0) is 24.3 Å². The van der Waals surface area contributed by atoms with Gasteiger partial charge in [0.15, 0.2) is 0 Å². The third kappa shape index (κ3) is 2.25. The third-order valence-electron chi connectivity index (χ3n) is 4.24. The first kappa shape index (κ1) is 14.8. The topological polar surface area (TPSA) is 26.4 Å². The number of fused-ring (bicyclic) bond motifs is 1. The molecule has 4 rings (SSSR count). The summed E-state index contributed by atoms with van der Waals surface area (Å²) in [6, 6.07) is 21.4. The summed E-state index contributed by atoms with van der Waals surface area (Å²) in [5.41, 5.74) is 4.50. The molecule has 0 aliphatic rings. The molecular weight excluding hydrogens is 320 g/mol. The average molecular weight is 335 g/mol. The Balaban J connectivity index is 2.17. The van der Waals surface area contributed by atoms with E-state index in [-0.39, 0.29) is 5.56 Å². The lowest BCUT2D eigenvalue weighted by atomic mass is 10.0. The lowest BCUT2D eigenvalue weighted by Crippen LogP contribution is -2.22. The summed E-state index contributed by atoms with van der Waals surface area (Å²) in [6.45, 7) is 0. The van der Waals surface area contributed by atoms with E-state index in [1.54, 1.807) is 4.57 Å². The second-order valence-corrected chi connectivity index (χ2v) is 6.13. The molecule has 4 aromatic rings. The maximum atomic E-state index is 12.7. The molecule has 0 saturated heterocycles. The maximum Gasteiger partial charge on any atom is 0.275 e. The van der Waals surface area contributed by atoms with Gasteiger partial charge in [0, 0.05) is 29.4 Å². The van der Waals surface area contributed by atoms with Crippen LogP contribution in [0.1, 0.15) is 0 Å². The molecule has 0 saturated carbocycles. The molecule has 0 amide bonds. The van der Waals surface area contributed by atoms with Crippen molar-refractivity contribution in [3.05, 3.63) is 88.3 Å². The Morgan fingerprint density at radius 2 is 1.46 bits per heavy atom. The second-order valence-electron chi connectivity index (χ2n) is 5.70. The van der Waals surface area contributed by atoms with Crippen LogP contribution in [-0.2, 0) is 7.05 Å². The van der Waals surface area contributed by atoms with Crippen molar-refractivity contribution in [3.63, 3.8) is 0 Å². The molecule has 0 atom stereocenters. The molecule has 24 heavy (non-hydrogen) atoms. The van der Waals surface area contributed by atoms with E-state index in [9.17, 15) is 4.79 Å². The number of rotatable bonds is 2. The minimum absolute atomic E-state index is 0.0171. The van der Waals surface area contributed by atoms with Crippen molar-refractivity contribution in [2.45, 2.75) is 0 Å². The largest absolute Gasteiger partial charge is 0.310 e. The molecule has 2 heterocycles. The van der Waals surface area contributed by atoms with Gasteiger partial charge in [0.2, 0.25) is 0 Å². The normalized spacial score (nSPS) is 11.1. The van der Waals surface area contributed by atoms with Crippen molar-refractivity contribution in [2.75, 3.05) is 0 Å². The Morgan fingerprint density at radius 1 is 0.792 bits per heavy atom. The molecular formula is C20H15ClN2O. The lowest BCUT2D eigenvalue weighted by molar-refractivity contribution is 0.861. The number of hydrogen-bond donors (Lipinski definition) is 0. The van der Waals surface area contributed by atoms with Crippen LogP contribution in [0.15, 0.2) is 77.7 Å². The van der Waals surface area contributed by atoms with Gasteiger partial charge in [0.1, 0.15) is 5.52 Å². The van der Waals surface area contributed by atoms with Crippen molar-refractivity contribution < 1.29 is 0 Å². The fourth-order valence-corrected chi connectivity index (χ4v) is 3.23. The molecule has 2 aromatic carbocycles. The summed E-state index contributed by atoms with van der Waals surface area (Å²) in [5, 5.41) is 0.689. The first-order chi connectivity index (χ1) is 11.7.